The van der Waals surface area contributed by atoms with E-state index in [0.29, 0.717) is 25.7 Å². The third-order valence-electron chi connectivity index (χ3n) is 5.16. The molecule has 5 nitrogen and oxygen atoms in total. The molecule has 3 aliphatic rings. The summed E-state index contributed by atoms with van der Waals surface area (Å²) in [6, 6.07) is 0. The van der Waals surface area contributed by atoms with Crippen LogP contribution in [0.4, 0.5) is 0 Å². The van der Waals surface area contributed by atoms with Gasteiger partial charge < -0.3 is 15.0 Å². The van der Waals surface area contributed by atoms with Crippen molar-refractivity contribution in [3.63, 3.8) is 0 Å². The predicted molar refractivity (Wildman–Crippen MR) is 84.9 cm³/mol. The molecule has 1 saturated carbocycles. The Morgan fingerprint density at radius 3 is 2.52 bits per heavy atom. The van der Waals surface area contributed by atoms with Gasteiger partial charge >= 0.3 is 0 Å². The van der Waals surface area contributed by atoms with Crippen LogP contribution in [0.15, 0.2) is 0 Å². The lowest BCUT2D eigenvalue weighted by Gasteiger charge is -2.50. The van der Waals surface area contributed by atoms with E-state index in [9.17, 15) is 4.79 Å². The average molecular weight is 318 g/mol. The summed E-state index contributed by atoms with van der Waals surface area (Å²) < 4.78 is 5.33. The van der Waals surface area contributed by atoms with Crippen molar-refractivity contribution in [3.05, 3.63) is 0 Å². The van der Waals surface area contributed by atoms with Gasteiger partial charge in [0.1, 0.15) is 0 Å². The van der Waals surface area contributed by atoms with E-state index in [-0.39, 0.29) is 17.9 Å². The van der Waals surface area contributed by atoms with E-state index in [0.717, 1.165) is 32.7 Å². The van der Waals surface area contributed by atoms with Crippen molar-refractivity contribution in [1.29, 1.82) is 0 Å². The highest BCUT2D eigenvalue weighted by molar-refractivity contribution is 5.85. The molecule has 6 heteroatoms. The zero-order valence-electron chi connectivity index (χ0n) is 12.8. The van der Waals surface area contributed by atoms with E-state index in [1.54, 1.807) is 0 Å². The van der Waals surface area contributed by atoms with Crippen LogP contribution in [0, 0.1) is 0 Å². The van der Waals surface area contributed by atoms with Crippen molar-refractivity contribution in [1.82, 2.24) is 15.1 Å². The zero-order valence-corrected chi connectivity index (χ0v) is 13.6. The smallest absolute Gasteiger partial charge is 0.236 e. The van der Waals surface area contributed by atoms with Crippen molar-refractivity contribution in [2.45, 2.75) is 37.6 Å². The minimum atomic E-state index is 0. The Labute approximate surface area is 133 Å². The number of piperazine rings is 1. The van der Waals surface area contributed by atoms with Crippen LogP contribution < -0.4 is 5.32 Å². The minimum Gasteiger partial charge on any atom is -0.378 e. The lowest BCUT2D eigenvalue weighted by Crippen LogP contribution is -2.64. The highest BCUT2D eigenvalue weighted by Gasteiger charge is 2.40. The van der Waals surface area contributed by atoms with E-state index in [1.165, 1.54) is 32.1 Å². The molecule has 2 heterocycles. The Bertz CT molecular complexity index is 334. The lowest BCUT2D eigenvalue weighted by molar-refractivity contribution is -0.139. The number of halogens is 1. The molecule has 0 aromatic rings. The molecule has 2 aliphatic heterocycles. The molecule has 0 radical (unpaired) electrons. The molecule has 0 bridgehead atoms. The molecule has 1 aliphatic carbocycles. The molecule has 0 atom stereocenters. The third-order valence-corrected chi connectivity index (χ3v) is 5.16. The van der Waals surface area contributed by atoms with Gasteiger partial charge in [0.2, 0.25) is 5.91 Å². The number of nitrogens with zero attached hydrogens (tertiary/aromatic N) is 2. The second kappa shape index (κ2) is 7.77. The Morgan fingerprint density at radius 1 is 1.10 bits per heavy atom. The van der Waals surface area contributed by atoms with Gasteiger partial charge in [0.05, 0.1) is 19.8 Å². The Kier molecular flexibility index (Phi) is 6.29. The second-order valence-electron chi connectivity index (χ2n) is 6.38. The van der Waals surface area contributed by atoms with Gasteiger partial charge in [-0.25, -0.2) is 0 Å². The van der Waals surface area contributed by atoms with Crippen LogP contribution in [0.5, 0.6) is 0 Å². The summed E-state index contributed by atoms with van der Waals surface area (Å²) in [6.45, 7) is 6.59. The van der Waals surface area contributed by atoms with E-state index >= 15 is 0 Å². The Balaban J connectivity index is 0.00000161. The molecule has 122 valence electrons. The predicted octanol–water partition coefficient (Wildman–Crippen LogP) is 0.875. The number of morpholine rings is 1. The van der Waals surface area contributed by atoms with Gasteiger partial charge in [-0.05, 0) is 12.8 Å². The summed E-state index contributed by atoms with van der Waals surface area (Å²) in [5.74, 6) is 0.292. The Hall–Kier alpha value is -0.360. The number of carbonyl (C=O) groups is 1. The molecule has 2 saturated heterocycles. The lowest BCUT2D eigenvalue weighted by atomic mass is 9.79. The first-order valence-corrected chi connectivity index (χ1v) is 8.11. The van der Waals surface area contributed by atoms with Gasteiger partial charge in [-0.1, -0.05) is 19.3 Å². The van der Waals surface area contributed by atoms with E-state index in [2.05, 4.69) is 10.2 Å². The SMILES string of the molecule is Cl.O=C(CN1CCNCC12CCCCC2)N1CCOCC1. The fraction of sp³-hybridized carbons (Fsp3) is 0.933. The maximum atomic E-state index is 12.5. The molecule has 1 spiro atoms. The van der Waals surface area contributed by atoms with Crippen LogP contribution in [0.1, 0.15) is 32.1 Å². The molecule has 3 rings (SSSR count). The third kappa shape index (κ3) is 3.89. The summed E-state index contributed by atoms with van der Waals surface area (Å²) in [6.07, 6.45) is 6.47. The van der Waals surface area contributed by atoms with Crippen molar-refractivity contribution in [3.8, 4) is 0 Å². The number of hydrogen-bond acceptors (Lipinski definition) is 4. The van der Waals surface area contributed by atoms with Crippen LogP contribution in [-0.2, 0) is 9.53 Å². The highest BCUT2D eigenvalue weighted by Crippen LogP contribution is 2.34. The van der Waals surface area contributed by atoms with Gasteiger partial charge in [-0.3, -0.25) is 9.69 Å². The number of nitrogens with one attached hydrogen (secondary N) is 1. The van der Waals surface area contributed by atoms with E-state index < -0.39 is 0 Å². The molecule has 1 N–H and O–H groups in total. The van der Waals surface area contributed by atoms with E-state index in [4.69, 9.17) is 4.74 Å². The largest absolute Gasteiger partial charge is 0.378 e. The molecule has 1 amide bonds. The van der Waals surface area contributed by atoms with Crippen LogP contribution in [0.3, 0.4) is 0 Å². The van der Waals surface area contributed by atoms with Crippen molar-refractivity contribution < 1.29 is 9.53 Å². The van der Waals surface area contributed by atoms with Crippen LogP contribution in [0.2, 0.25) is 0 Å². The maximum absolute atomic E-state index is 12.5. The molecule has 3 fully saturated rings. The molecular weight excluding hydrogens is 290 g/mol. The summed E-state index contributed by atoms with van der Waals surface area (Å²) in [5, 5.41) is 3.54. The molecule has 0 aromatic heterocycles. The number of ether oxygens (including phenoxy) is 1. The number of amides is 1. The number of carbonyl (C=O) groups excluding carboxylic acids is 1. The molecule has 0 unspecified atom stereocenters. The first-order valence-electron chi connectivity index (χ1n) is 8.11. The first kappa shape index (κ1) is 17.0. The normalized spacial score (nSPS) is 26.4. The highest BCUT2D eigenvalue weighted by atomic mass is 35.5. The van der Waals surface area contributed by atoms with Crippen molar-refractivity contribution in [2.75, 3.05) is 52.5 Å². The monoisotopic (exact) mass is 317 g/mol. The van der Waals surface area contributed by atoms with Crippen LogP contribution in [-0.4, -0.2) is 73.7 Å². The van der Waals surface area contributed by atoms with Gasteiger partial charge in [0, 0.05) is 38.3 Å². The van der Waals surface area contributed by atoms with Crippen molar-refractivity contribution in [2.24, 2.45) is 0 Å². The fourth-order valence-corrected chi connectivity index (χ4v) is 3.91. The fourth-order valence-electron chi connectivity index (χ4n) is 3.91. The number of hydrogen-bond donors (Lipinski definition) is 1. The summed E-state index contributed by atoms with van der Waals surface area (Å²) in [7, 11) is 0. The van der Waals surface area contributed by atoms with Gasteiger partial charge in [-0.2, -0.15) is 0 Å². The number of rotatable bonds is 2. The van der Waals surface area contributed by atoms with Gasteiger partial charge in [-0.15, -0.1) is 12.4 Å². The quantitative estimate of drug-likeness (QED) is 0.821. The average Bonchev–Trinajstić information content (AvgIpc) is 2.51. The maximum Gasteiger partial charge on any atom is 0.236 e. The van der Waals surface area contributed by atoms with Crippen LogP contribution in [0.25, 0.3) is 0 Å². The topological polar surface area (TPSA) is 44.8 Å². The molecule has 0 aromatic carbocycles. The summed E-state index contributed by atoms with van der Waals surface area (Å²) in [4.78, 5) is 16.9. The summed E-state index contributed by atoms with van der Waals surface area (Å²) >= 11 is 0. The van der Waals surface area contributed by atoms with Crippen LogP contribution >= 0.6 is 12.4 Å². The van der Waals surface area contributed by atoms with E-state index in [1.807, 2.05) is 4.90 Å². The molecule has 21 heavy (non-hydrogen) atoms. The van der Waals surface area contributed by atoms with Gasteiger partial charge in [0.25, 0.3) is 0 Å². The second-order valence-corrected chi connectivity index (χ2v) is 6.38. The van der Waals surface area contributed by atoms with Crippen molar-refractivity contribution >= 4 is 18.3 Å². The standard InChI is InChI=1S/C15H27N3O2.ClH/c19-14(17-8-10-20-11-9-17)12-18-7-6-16-13-15(18)4-2-1-3-5-15;/h16H,1-13H2;1H. The molecular formula is C15H28ClN3O2. The minimum absolute atomic E-state index is 0. The first-order chi connectivity index (χ1) is 9.80. The summed E-state index contributed by atoms with van der Waals surface area (Å²) in [5.41, 5.74) is 0.248. The zero-order chi connectivity index (χ0) is 13.8. The Morgan fingerprint density at radius 2 is 1.81 bits per heavy atom. The van der Waals surface area contributed by atoms with Gasteiger partial charge in [0.15, 0.2) is 0 Å².